The number of fused-ring (bicyclic) bond motifs is 1. The van der Waals surface area contributed by atoms with E-state index in [-0.39, 0.29) is 37.4 Å². The quantitative estimate of drug-likeness (QED) is 0.348. The zero-order chi connectivity index (χ0) is 33.0. The van der Waals surface area contributed by atoms with Gasteiger partial charge in [0.05, 0.1) is 12.6 Å². The number of hydrogen-bond donors (Lipinski definition) is 4. The molecule has 1 aliphatic carbocycles. The zero-order valence-electron chi connectivity index (χ0n) is 27.4. The Hall–Kier alpha value is -3.67. The van der Waals surface area contributed by atoms with Crippen LogP contribution >= 0.6 is 0 Å². The Kier molecular flexibility index (Phi) is 11.0. The molecule has 5 amide bonds. The number of nitrogens with one attached hydrogen (secondary N) is 3. The third kappa shape index (κ3) is 8.71. The molecule has 1 aromatic carbocycles. The Morgan fingerprint density at radius 1 is 1.07 bits per heavy atom. The minimum absolute atomic E-state index is 0.0831. The van der Waals surface area contributed by atoms with Gasteiger partial charge >= 0.3 is 6.09 Å². The van der Waals surface area contributed by atoms with Crippen molar-refractivity contribution in [1.29, 1.82) is 0 Å². The number of carbonyl (C=O) groups is 5. The van der Waals surface area contributed by atoms with Crippen LogP contribution in [0.3, 0.4) is 0 Å². The maximum atomic E-state index is 14.2. The minimum Gasteiger partial charge on any atom is -0.444 e. The average molecular weight is 615 g/mol. The predicted octanol–water partition coefficient (Wildman–Crippen LogP) is 2.01. The van der Waals surface area contributed by atoms with Crippen molar-refractivity contribution in [1.82, 2.24) is 25.8 Å². The summed E-state index contributed by atoms with van der Waals surface area (Å²) in [6.07, 6.45) is 2.19. The van der Waals surface area contributed by atoms with Gasteiger partial charge in [-0.3, -0.25) is 24.1 Å². The molecule has 1 saturated heterocycles. The first-order chi connectivity index (χ1) is 20.4. The number of benzene rings is 1. The molecule has 12 nitrogen and oxygen atoms in total. The lowest BCUT2D eigenvalue weighted by molar-refractivity contribution is -0.144. The number of hydrogen-bond acceptors (Lipinski definition) is 7. The van der Waals surface area contributed by atoms with Gasteiger partial charge in [0.1, 0.15) is 23.7 Å². The summed E-state index contributed by atoms with van der Waals surface area (Å²) >= 11 is 0. The molecule has 0 radical (unpaired) electrons. The number of likely N-dealkylation sites (tertiary alicyclic amines) is 1. The van der Waals surface area contributed by atoms with Gasteiger partial charge in [-0.2, -0.15) is 0 Å². The first-order valence-corrected chi connectivity index (χ1v) is 15.4. The molecular weight excluding hydrogens is 564 g/mol. The van der Waals surface area contributed by atoms with E-state index < -0.39 is 53.1 Å². The van der Waals surface area contributed by atoms with Crippen LogP contribution in [-0.2, 0) is 30.3 Å². The maximum absolute atomic E-state index is 14.2. The second-order valence-corrected chi connectivity index (χ2v) is 13.9. The molecule has 0 saturated carbocycles. The molecule has 12 heteroatoms. The Bertz CT molecular complexity index is 1240. The summed E-state index contributed by atoms with van der Waals surface area (Å²) in [4.78, 5) is 68.8. The molecule has 1 fully saturated rings. The van der Waals surface area contributed by atoms with E-state index in [0.29, 0.717) is 0 Å². The first-order valence-electron chi connectivity index (χ1n) is 15.4. The second-order valence-electron chi connectivity index (χ2n) is 13.9. The molecule has 1 heterocycles. The normalized spacial score (nSPS) is 21.4. The molecular formula is C32H50N6O6. The van der Waals surface area contributed by atoms with E-state index in [9.17, 15) is 24.0 Å². The fourth-order valence-electron chi connectivity index (χ4n) is 5.64. The van der Waals surface area contributed by atoms with Crippen molar-refractivity contribution in [2.45, 2.75) is 110 Å². The summed E-state index contributed by atoms with van der Waals surface area (Å²) in [6, 6.07) is 4.49. The number of nitrogens with zero attached hydrogens (tertiary/aromatic N) is 2. The van der Waals surface area contributed by atoms with E-state index in [2.05, 4.69) is 22.0 Å². The molecule has 1 aliphatic heterocycles. The number of carbonyl (C=O) groups excluding carboxylic acids is 5. The average Bonchev–Trinajstić information content (AvgIpc) is 3.37. The van der Waals surface area contributed by atoms with Gasteiger partial charge in [0.15, 0.2) is 0 Å². The topological polar surface area (TPSA) is 163 Å². The van der Waals surface area contributed by atoms with Gasteiger partial charge in [-0.25, -0.2) is 4.79 Å². The van der Waals surface area contributed by atoms with E-state index in [0.717, 1.165) is 24.8 Å². The van der Waals surface area contributed by atoms with Gasteiger partial charge in [0.2, 0.25) is 23.6 Å². The lowest BCUT2D eigenvalue weighted by Gasteiger charge is -2.37. The van der Waals surface area contributed by atoms with E-state index in [1.54, 1.807) is 27.7 Å². The van der Waals surface area contributed by atoms with Crippen LogP contribution in [0.15, 0.2) is 24.3 Å². The van der Waals surface area contributed by atoms with Gasteiger partial charge < -0.3 is 31.3 Å². The highest BCUT2D eigenvalue weighted by Gasteiger charge is 2.46. The Labute approximate surface area is 260 Å². The van der Waals surface area contributed by atoms with Gasteiger partial charge in [0, 0.05) is 19.6 Å². The molecule has 3 rings (SSSR count). The van der Waals surface area contributed by atoms with Crippen LogP contribution in [0.5, 0.6) is 0 Å². The molecule has 44 heavy (non-hydrogen) atoms. The summed E-state index contributed by atoms with van der Waals surface area (Å²) in [5.41, 5.74) is 6.29. The highest BCUT2D eigenvalue weighted by atomic mass is 16.6. The van der Waals surface area contributed by atoms with Gasteiger partial charge in [-0.05, 0) is 69.9 Å². The summed E-state index contributed by atoms with van der Waals surface area (Å²) in [5, 5.41) is 8.81. The Balaban J connectivity index is 1.84. The number of aryl methyl sites for hydroxylation is 1. The molecule has 1 unspecified atom stereocenters. The Morgan fingerprint density at radius 3 is 2.34 bits per heavy atom. The lowest BCUT2D eigenvalue weighted by atomic mass is 9.85. The fourth-order valence-corrected chi connectivity index (χ4v) is 5.64. The Morgan fingerprint density at radius 2 is 1.73 bits per heavy atom. The first kappa shape index (κ1) is 34.8. The molecule has 0 bridgehead atoms. The third-order valence-electron chi connectivity index (χ3n) is 8.16. The van der Waals surface area contributed by atoms with Crippen molar-refractivity contribution in [3.8, 4) is 0 Å². The van der Waals surface area contributed by atoms with Crippen molar-refractivity contribution < 1.29 is 28.7 Å². The largest absolute Gasteiger partial charge is 0.444 e. The highest BCUT2D eigenvalue weighted by Crippen LogP contribution is 2.31. The van der Waals surface area contributed by atoms with Crippen LogP contribution in [0.2, 0.25) is 0 Å². The number of nitrogens with two attached hydrogens (primary N) is 1. The lowest BCUT2D eigenvalue weighted by Crippen LogP contribution is -2.60. The minimum atomic E-state index is -1.03. The third-order valence-corrected chi connectivity index (χ3v) is 8.16. The summed E-state index contributed by atoms with van der Waals surface area (Å²) in [7, 11) is 1.46. The van der Waals surface area contributed by atoms with Crippen LogP contribution < -0.4 is 21.7 Å². The van der Waals surface area contributed by atoms with Crippen LogP contribution in [-0.4, -0.2) is 89.4 Å². The summed E-state index contributed by atoms with van der Waals surface area (Å²) in [6.45, 7) is 12.1. The van der Waals surface area contributed by atoms with E-state index in [1.165, 1.54) is 22.4 Å². The molecule has 244 valence electrons. The highest BCUT2D eigenvalue weighted by molar-refractivity contribution is 5.95. The molecule has 2 aliphatic rings. The maximum Gasteiger partial charge on any atom is 0.410 e. The summed E-state index contributed by atoms with van der Waals surface area (Å²) in [5.74, 6) is -1.70. The second kappa shape index (κ2) is 14.0. The number of amides is 5. The molecule has 0 spiro atoms. The zero-order valence-corrected chi connectivity index (χ0v) is 27.4. The van der Waals surface area contributed by atoms with Crippen molar-refractivity contribution in [2.24, 2.45) is 11.1 Å². The number of likely N-dealkylation sites (N-methyl/N-ethyl adjacent to an activating group) is 1. The van der Waals surface area contributed by atoms with E-state index in [1.807, 2.05) is 39.0 Å². The van der Waals surface area contributed by atoms with Crippen molar-refractivity contribution in [2.75, 3.05) is 20.1 Å². The van der Waals surface area contributed by atoms with Crippen LogP contribution in [0.25, 0.3) is 0 Å². The summed E-state index contributed by atoms with van der Waals surface area (Å²) < 4.78 is 5.39. The van der Waals surface area contributed by atoms with E-state index >= 15 is 0 Å². The van der Waals surface area contributed by atoms with Crippen LogP contribution in [0, 0.1) is 5.41 Å². The monoisotopic (exact) mass is 614 g/mol. The number of rotatable bonds is 8. The molecule has 1 aromatic rings. The molecule has 5 N–H and O–H groups in total. The van der Waals surface area contributed by atoms with Crippen LogP contribution in [0.1, 0.15) is 84.9 Å². The molecule has 0 aromatic heterocycles. The smallest absolute Gasteiger partial charge is 0.410 e. The van der Waals surface area contributed by atoms with Gasteiger partial charge in [0.25, 0.3) is 0 Å². The van der Waals surface area contributed by atoms with E-state index in [4.69, 9.17) is 10.5 Å². The standard InChI is InChI=1S/C32H50N6O6/c1-19(37(8)30(43)44-32(5,6)7)27(40)36-26(31(2,3)4)29(42)38-18-21(34-25(39)17-33)16-24(38)28(41)35-23-15-11-13-20-12-9-10-14-22(20)23/h9-10,12,14,19,21,23-24,26H,11,13,15-18,33H2,1-8H3,(H,34,39)(H,35,41)(H,36,40)/t19-,21-,23?,24-,26+/m0/s1. The van der Waals surface area contributed by atoms with Crippen molar-refractivity contribution in [3.63, 3.8) is 0 Å². The van der Waals surface area contributed by atoms with Crippen LogP contribution in [0.4, 0.5) is 4.79 Å². The van der Waals surface area contributed by atoms with Gasteiger partial charge in [-0.15, -0.1) is 0 Å². The predicted molar refractivity (Wildman–Crippen MR) is 166 cm³/mol. The van der Waals surface area contributed by atoms with Crippen molar-refractivity contribution >= 4 is 29.7 Å². The molecule has 5 atom stereocenters. The fraction of sp³-hybridized carbons (Fsp3) is 0.656. The van der Waals surface area contributed by atoms with Crippen molar-refractivity contribution in [3.05, 3.63) is 35.4 Å². The SMILES string of the molecule is C[C@@H](C(=O)N[C@H](C(=O)N1C[C@@H](NC(=O)CN)C[C@H]1C(=O)NC1CCCc2ccccc21)C(C)(C)C)N(C)C(=O)OC(C)(C)C. The van der Waals surface area contributed by atoms with Gasteiger partial charge in [-0.1, -0.05) is 45.0 Å². The number of ether oxygens (including phenoxy) is 1.